The second-order valence-electron chi connectivity index (χ2n) is 6.40. The molecule has 1 heterocycles. The van der Waals surface area contributed by atoms with Crippen molar-refractivity contribution in [3.05, 3.63) is 71.8 Å². The fourth-order valence-electron chi connectivity index (χ4n) is 3.73. The molecule has 1 fully saturated rings. The first-order chi connectivity index (χ1) is 12.2. The average Bonchev–Trinajstić information content (AvgIpc) is 2.69. The Hall–Kier alpha value is -2.33. The Morgan fingerprint density at radius 2 is 1.64 bits per heavy atom. The van der Waals surface area contributed by atoms with Crippen molar-refractivity contribution in [2.45, 2.75) is 37.8 Å². The van der Waals surface area contributed by atoms with E-state index in [1.54, 1.807) is 11.8 Å². The molecule has 2 aromatic rings. The second-order valence-corrected chi connectivity index (χ2v) is 6.40. The first-order valence-electron chi connectivity index (χ1n) is 8.94. The number of nitrogens with zero attached hydrogens (tertiary/aromatic N) is 1. The predicted molar refractivity (Wildman–Crippen MR) is 97.2 cm³/mol. The topological polar surface area (TPSA) is 49.8 Å². The van der Waals surface area contributed by atoms with Gasteiger partial charge in [0.05, 0.1) is 12.6 Å². The van der Waals surface area contributed by atoms with Gasteiger partial charge in [-0.1, -0.05) is 60.7 Å². The molecule has 132 valence electrons. The number of likely N-dealkylation sites (tertiary alicyclic amines) is 1. The van der Waals surface area contributed by atoms with E-state index >= 15 is 0 Å². The van der Waals surface area contributed by atoms with E-state index in [0.717, 1.165) is 30.4 Å². The van der Waals surface area contributed by atoms with Crippen molar-refractivity contribution >= 4 is 6.09 Å². The SMILES string of the molecule is CCOC(=O)N1CCCCC1C(O)(c1ccccc1)c1ccccc1. The predicted octanol–water partition coefficient (Wildman–Crippen LogP) is 3.93. The number of ether oxygens (including phenoxy) is 1. The summed E-state index contributed by atoms with van der Waals surface area (Å²) in [7, 11) is 0. The number of hydrogen-bond donors (Lipinski definition) is 1. The van der Waals surface area contributed by atoms with Gasteiger partial charge in [-0.15, -0.1) is 0 Å². The fraction of sp³-hybridized carbons (Fsp3) is 0.381. The lowest BCUT2D eigenvalue weighted by atomic mass is 9.76. The average molecular weight is 339 g/mol. The Labute approximate surface area is 149 Å². The lowest BCUT2D eigenvalue weighted by molar-refractivity contribution is -0.0350. The summed E-state index contributed by atoms with van der Waals surface area (Å²) in [4.78, 5) is 14.2. The molecule has 4 nitrogen and oxygen atoms in total. The highest BCUT2D eigenvalue weighted by molar-refractivity contribution is 5.68. The number of amides is 1. The van der Waals surface area contributed by atoms with Gasteiger partial charge in [0.25, 0.3) is 0 Å². The molecule has 0 aromatic heterocycles. The van der Waals surface area contributed by atoms with E-state index in [0.29, 0.717) is 13.2 Å². The van der Waals surface area contributed by atoms with Crippen molar-refractivity contribution in [2.24, 2.45) is 0 Å². The molecular formula is C21H25NO3. The molecule has 1 amide bonds. The van der Waals surface area contributed by atoms with Gasteiger partial charge in [0, 0.05) is 6.54 Å². The van der Waals surface area contributed by atoms with Crippen LogP contribution >= 0.6 is 0 Å². The van der Waals surface area contributed by atoms with Crippen molar-refractivity contribution in [3.63, 3.8) is 0 Å². The Morgan fingerprint density at radius 3 is 2.16 bits per heavy atom. The van der Waals surface area contributed by atoms with Gasteiger partial charge in [0.2, 0.25) is 0 Å². The summed E-state index contributed by atoms with van der Waals surface area (Å²) >= 11 is 0. The van der Waals surface area contributed by atoms with Crippen LogP contribution in [-0.4, -0.2) is 35.3 Å². The number of benzene rings is 2. The minimum Gasteiger partial charge on any atom is -0.450 e. The van der Waals surface area contributed by atoms with Gasteiger partial charge < -0.3 is 14.7 Å². The molecule has 0 bridgehead atoms. The van der Waals surface area contributed by atoms with Crippen molar-refractivity contribution in [1.82, 2.24) is 4.90 Å². The number of carbonyl (C=O) groups is 1. The third kappa shape index (κ3) is 3.40. The number of piperidine rings is 1. The van der Waals surface area contributed by atoms with Gasteiger partial charge in [-0.05, 0) is 37.3 Å². The molecule has 4 heteroatoms. The third-order valence-corrected chi connectivity index (χ3v) is 4.92. The minimum absolute atomic E-state index is 0.331. The maximum atomic E-state index is 12.5. The summed E-state index contributed by atoms with van der Waals surface area (Å²) in [5, 5.41) is 11.9. The maximum absolute atomic E-state index is 12.5. The van der Waals surface area contributed by atoms with Crippen molar-refractivity contribution in [1.29, 1.82) is 0 Å². The van der Waals surface area contributed by atoms with Gasteiger partial charge in [0.15, 0.2) is 0 Å². The first-order valence-corrected chi connectivity index (χ1v) is 8.94. The van der Waals surface area contributed by atoms with Crippen molar-refractivity contribution in [2.75, 3.05) is 13.2 Å². The van der Waals surface area contributed by atoms with Crippen LogP contribution < -0.4 is 0 Å². The summed E-state index contributed by atoms with van der Waals surface area (Å²) in [5.74, 6) is 0. The van der Waals surface area contributed by atoms with Crippen LogP contribution in [-0.2, 0) is 10.3 Å². The summed E-state index contributed by atoms with van der Waals surface area (Å²) < 4.78 is 5.25. The molecule has 2 aromatic carbocycles. The van der Waals surface area contributed by atoms with E-state index in [2.05, 4.69) is 0 Å². The zero-order valence-corrected chi connectivity index (χ0v) is 14.6. The number of hydrogen-bond acceptors (Lipinski definition) is 3. The Morgan fingerprint density at radius 1 is 1.08 bits per heavy atom. The van der Waals surface area contributed by atoms with Crippen LogP contribution in [0.1, 0.15) is 37.3 Å². The van der Waals surface area contributed by atoms with Crippen LogP contribution in [0.25, 0.3) is 0 Å². The smallest absolute Gasteiger partial charge is 0.410 e. The lowest BCUT2D eigenvalue weighted by Crippen LogP contribution is -2.55. The highest BCUT2D eigenvalue weighted by atomic mass is 16.6. The van der Waals surface area contributed by atoms with Gasteiger partial charge in [-0.3, -0.25) is 0 Å². The molecule has 0 saturated carbocycles. The van der Waals surface area contributed by atoms with Crippen LogP contribution in [0, 0.1) is 0 Å². The van der Waals surface area contributed by atoms with Crippen LogP contribution in [0.2, 0.25) is 0 Å². The molecule has 1 aliphatic rings. The molecule has 0 aliphatic carbocycles. The molecule has 1 saturated heterocycles. The van der Waals surface area contributed by atoms with Gasteiger partial charge >= 0.3 is 6.09 Å². The Balaban J connectivity index is 2.08. The Bertz CT molecular complexity index is 647. The van der Waals surface area contributed by atoms with Crippen molar-refractivity contribution < 1.29 is 14.6 Å². The van der Waals surface area contributed by atoms with Gasteiger partial charge in [-0.25, -0.2) is 4.79 Å². The van der Waals surface area contributed by atoms with Crippen LogP contribution in [0.3, 0.4) is 0 Å². The van der Waals surface area contributed by atoms with E-state index in [1.165, 1.54) is 0 Å². The van der Waals surface area contributed by atoms with E-state index < -0.39 is 5.60 Å². The highest BCUT2D eigenvalue weighted by Gasteiger charge is 2.46. The van der Waals surface area contributed by atoms with E-state index in [1.807, 2.05) is 60.7 Å². The third-order valence-electron chi connectivity index (χ3n) is 4.92. The van der Waals surface area contributed by atoms with E-state index in [-0.39, 0.29) is 12.1 Å². The number of aliphatic hydroxyl groups is 1. The molecule has 1 unspecified atom stereocenters. The fourth-order valence-corrected chi connectivity index (χ4v) is 3.73. The van der Waals surface area contributed by atoms with E-state index in [9.17, 15) is 9.90 Å². The van der Waals surface area contributed by atoms with Crippen LogP contribution in [0.4, 0.5) is 4.79 Å². The largest absolute Gasteiger partial charge is 0.450 e. The number of rotatable bonds is 4. The first kappa shape index (κ1) is 17.5. The molecule has 0 radical (unpaired) electrons. The zero-order chi connectivity index (χ0) is 17.7. The summed E-state index contributed by atoms with van der Waals surface area (Å²) in [6, 6.07) is 18.9. The second kappa shape index (κ2) is 7.70. The van der Waals surface area contributed by atoms with Gasteiger partial charge in [-0.2, -0.15) is 0 Å². The molecular weight excluding hydrogens is 314 g/mol. The Kier molecular flexibility index (Phi) is 5.39. The standard InChI is InChI=1S/C21H25NO3/c1-2-25-20(23)22-16-10-9-15-19(22)21(24,17-11-5-3-6-12-17)18-13-7-4-8-14-18/h3-8,11-14,19,24H,2,9-10,15-16H2,1H3. The van der Waals surface area contributed by atoms with Gasteiger partial charge in [0.1, 0.15) is 5.60 Å². The molecule has 1 N–H and O–H groups in total. The molecule has 1 atom stereocenters. The molecule has 3 rings (SSSR count). The summed E-state index contributed by atoms with van der Waals surface area (Å²) in [5.41, 5.74) is 0.320. The maximum Gasteiger partial charge on any atom is 0.410 e. The normalized spacial score (nSPS) is 18.0. The van der Waals surface area contributed by atoms with E-state index in [4.69, 9.17) is 4.74 Å². The molecule has 0 spiro atoms. The minimum atomic E-state index is -1.27. The highest BCUT2D eigenvalue weighted by Crippen LogP contribution is 2.39. The quantitative estimate of drug-likeness (QED) is 0.918. The monoisotopic (exact) mass is 339 g/mol. The summed E-state index contributed by atoms with van der Waals surface area (Å²) in [6.45, 7) is 2.74. The molecule has 1 aliphatic heterocycles. The zero-order valence-electron chi connectivity index (χ0n) is 14.6. The van der Waals surface area contributed by atoms with Crippen molar-refractivity contribution in [3.8, 4) is 0 Å². The number of carbonyl (C=O) groups excluding carboxylic acids is 1. The van der Waals surface area contributed by atoms with Crippen LogP contribution in [0.15, 0.2) is 60.7 Å². The molecule has 25 heavy (non-hydrogen) atoms. The van der Waals surface area contributed by atoms with Crippen LogP contribution in [0.5, 0.6) is 0 Å². The summed E-state index contributed by atoms with van der Waals surface area (Å²) in [6.07, 6.45) is 2.29. The lowest BCUT2D eigenvalue weighted by Gasteiger charge is -2.45.